The molecule has 2 N–H and O–H groups in total. The zero-order valence-corrected chi connectivity index (χ0v) is 11.0. The summed E-state index contributed by atoms with van der Waals surface area (Å²) >= 11 is 0. The Morgan fingerprint density at radius 2 is 2.11 bits per heavy atom. The number of aromatic nitrogens is 4. The predicted molar refractivity (Wildman–Crippen MR) is 71.4 cm³/mol. The van der Waals surface area contributed by atoms with E-state index in [9.17, 15) is 0 Å². The number of rotatable bonds is 5. The number of H-pyrrole nitrogens is 1. The summed E-state index contributed by atoms with van der Waals surface area (Å²) in [5.41, 5.74) is 0. The number of nitrogens with zero attached hydrogens (tertiary/aromatic N) is 3. The summed E-state index contributed by atoms with van der Waals surface area (Å²) in [5.74, 6) is 2.96. The fourth-order valence-electron chi connectivity index (χ4n) is 1.74. The van der Waals surface area contributed by atoms with Gasteiger partial charge in [-0.1, -0.05) is 20.8 Å². The SMILES string of the molecule is CCC(Nc1ccnc(C(C)C)n1)c1ncc[nH]1. The molecule has 0 bridgehead atoms. The van der Waals surface area contributed by atoms with Gasteiger partial charge in [-0.3, -0.25) is 0 Å². The number of hydrogen-bond acceptors (Lipinski definition) is 4. The predicted octanol–water partition coefficient (Wildman–Crippen LogP) is 2.89. The van der Waals surface area contributed by atoms with Crippen LogP contribution in [0.4, 0.5) is 5.82 Å². The molecule has 2 rings (SSSR count). The molecule has 0 aliphatic heterocycles. The van der Waals surface area contributed by atoms with Crippen LogP contribution in [-0.2, 0) is 0 Å². The van der Waals surface area contributed by atoms with Gasteiger partial charge in [-0.2, -0.15) is 0 Å². The van der Waals surface area contributed by atoms with E-state index in [-0.39, 0.29) is 6.04 Å². The molecule has 2 aromatic heterocycles. The summed E-state index contributed by atoms with van der Waals surface area (Å²) in [6.45, 7) is 6.29. The average molecular weight is 245 g/mol. The molecule has 0 saturated carbocycles. The second-order valence-corrected chi connectivity index (χ2v) is 4.53. The van der Waals surface area contributed by atoms with E-state index in [1.165, 1.54) is 0 Å². The van der Waals surface area contributed by atoms with Crippen LogP contribution in [0.15, 0.2) is 24.7 Å². The monoisotopic (exact) mass is 245 g/mol. The Morgan fingerprint density at radius 1 is 1.28 bits per heavy atom. The number of aromatic amines is 1. The molecule has 18 heavy (non-hydrogen) atoms. The maximum atomic E-state index is 4.51. The number of anilines is 1. The fraction of sp³-hybridized carbons (Fsp3) is 0.462. The summed E-state index contributed by atoms with van der Waals surface area (Å²) in [6, 6.07) is 2.03. The Labute approximate surface area is 107 Å². The number of hydrogen-bond donors (Lipinski definition) is 2. The van der Waals surface area contributed by atoms with Crippen LogP contribution < -0.4 is 5.32 Å². The second kappa shape index (κ2) is 5.62. The second-order valence-electron chi connectivity index (χ2n) is 4.53. The van der Waals surface area contributed by atoms with E-state index < -0.39 is 0 Å². The van der Waals surface area contributed by atoms with Gasteiger partial charge in [0.25, 0.3) is 0 Å². The summed E-state index contributed by atoms with van der Waals surface area (Å²) < 4.78 is 0. The van der Waals surface area contributed by atoms with Crippen molar-refractivity contribution in [3.8, 4) is 0 Å². The third kappa shape index (κ3) is 2.85. The van der Waals surface area contributed by atoms with Gasteiger partial charge in [0.2, 0.25) is 0 Å². The molecule has 0 aromatic carbocycles. The van der Waals surface area contributed by atoms with Crippen molar-refractivity contribution in [3.63, 3.8) is 0 Å². The van der Waals surface area contributed by atoms with Crippen molar-refractivity contribution in [3.05, 3.63) is 36.3 Å². The standard InChI is InChI=1S/C13H19N5/c1-4-10(13-15-7-8-16-13)17-11-5-6-14-12(18-11)9(2)3/h5-10H,4H2,1-3H3,(H,15,16)(H,14,17,18). The summed E-state index contributed by atoms with van der Waals surface area (Å²) in [7, 11) is 0. The molecule has 5 heteroatoms. The Bertz CT molecular complexity index is 478. The molecule has 0 spiro atoms. The van der Waals surface area contributed by atoms with Crippen molar-refractivity contribution in [1.82, 2.24) is 19.9 Å². The Balaban J connectivity index is 2.15. The highest BCUT2D eigenvalue weighted by Gasteiger charge is 2.12. The Morgan fingerprint density at radius 3 is 2.72 bits per heavy atom. The van der Waals surface area contributed by atoms with Crippen molar-refractivity contribution in [2.24, 2.45) is 0 Å². The largest absolute Gasteiger partial charge is 0.360 e. The quantitative estimate of drug-likeness (QED) is 0.850. The van der Waals surface area contributed by atoms with Crippen LogP contribution >= 0.6 is 0 Å². The van der Waals surface area contributed by atoms with E-state index in [2.05, 4.69) is 46.0 Å². The zero-order chi connectivity index (χ0) is 13.0. The minimum absolute atomic E-state index is 0.148. The van der Waals surface area contributed by atoms with Crippen LogP contribution in [0.5, 0.6) is 0 Å². The molecule has 1 atom stereocenters. The molecule has 5 nitrogen and oxygen atoms in total. The maximum Gasteiger partial charge on any atom is 0.133 e. The van der Waals surface area contributed by atoms with Crippen molar-refractivity contribution < 1.29 is 0 Å². The van der Waals surface area contributed by atoms with Gasteiger partial charge in [-0.15, -0.1) is 0 Å². The zero-order valence-electron chi connectivity index (χ0n) is 11.0. The first kappa shape index (κ1) is 12.5. The molecular weight excluding hydrogens is 226 g/mol. The lowest BCUT2D eigenvalue weighted by atomic mass is 10.2. The van der Waals surface area contributed by atoms with Crippen LogP contribution in [0.2, 0.25) is 0 Å². The lowest BCUT2D eigenvalue weighted by molar-refractivity contribution is 0.694. The molecule has 0 fully saturated rings. The van der Waals surface area contributed by atoms with Crippen molar-refractivity contribution >= 4 is 5.82 Å². The Kier molecular flexibility index (Phi) is 3.92. The van der Waals surface area contributed by atoms with Crippen LogP contribution in [0, 0.1) is 0 Å². The highest BCUT2D eigenvalue weighted by molar-refractivity contribution is 5.35. The molecule has 0 aliphatic rings. The van der Waals surface area contributed by atoms with E-state index in [0.29, 0.717) is 5.92 Å². The highest BCUT2D eigenvalue weighted by Crippen LogP contribution is 2.19. The summed E-state index contributed by atoms with van der Waals surface area (Å²) in [5, 5.41) is 3.38. The van der Waals surface area contributed by atoms with Crippen molar-refractivity contribution in [2.45, 2.75) is 39.2 Å². The molecule has 0 saturated heterocycles. The molecular formula is C13H19N5. The molecule has 0 aliphatic carbocycles. The average Bonchev–Trinajstić information content (AvgIpc) is 2.90. The first-order valence-electron chi connectivity index (χ1n) is 6.29. The first-order valence-corrected chi connectivity index (χ1v) is 6.29. The lowest BCUT2D eigenvalue weighted by Gasteiger charge is -2.16. The third-order valence-electron chi connectivity index (χ3n) is 2.77. The highest BCUT2D eigenvalue weighted by atomic mass is 15.1. The molecule has 1 unspecified atom stereocenters. The fourth-order valence-corrected chi connectivity index (χ4v) is 1.74. The van der Waals surface area contributed by atoms with Crippen LogP contribution in [-0.4, -0.2) is 19.9 Å². The molecule has 0 radical (unpaired) electrons. The van der Waals surface area contributed by atoms with Crippen LogP contribution in [0.1, 0.15) is 50.8 Å². The van der Waals surface area contributed by atoms with E-state index in [4.69, 9.17) is 0 Å². The molecule has 2 heterocycles. The van der Waals surface area contributed by atoms with Gasteiger partial charge >= 0.3 is 0 Å². The first-order chi connectivity index (χ1) is 8.70. The molecule has 2 aromatic rings. The van der Waals surface area contributed by atoms with Gasteiger partial charge in [-0.05, 0) is 12.5 Å². The van der Waals surface area contributed by atoms with Gasteiger partial charge in [0.15, 0.2) is 0 Å². The van der Waals surface area contributed by atoms with Crippen LogP contribution in [0.25, 0.3) is 0 Å². The van der Waals surface area contributed by atoms with Gasteiger partial charge in [0.1, 0.15) is 17.5 Å². The number of nitrogens with one attached hydrogen (secondary N) is 2. The van der Waals surface area contributed by atoms with Gasteiger partial charge in [-0.25, -0.2) is 15.0 Å². The van der Waals surface area contributed by atoms with E-state index in [1.807, 2.05) is 12.3 Å². The van der Waals surface area contributed by atoms with Crippen molar-refractivity contribution in [1.29, 1.82) is 0 Å². The van der Waals surface area contributed by atoms with Gasteiger partial charge in [0, 0.05) is 24.5 Å². The normalized spacial score (nSPS) is 12.7. The van der Waals surface area contributed by atoms with E-state index >= 15 is 0 Å². The summed E-state index contributed by atoms with van der Waals surface area (Å²) in [6.07, 6.45) is 6.33. The van der Waals surface area contributed by atoms with E-state index in [0.717, 1.165) is 23.9 Å². The minimum Gasteiger partial charge on any atom is -0.360 e. The van der Waals surface area contributed by atoms with E-state index in [1.54, 1.807) is 12.4 Å². The summed E-state index contributed by atoms with van der Waals surface area (Å²) in [4.78, 5) is 16.2. The topological polar surface area (TPSA) is 66.5 Å². The smallest absolute Gasteiger partial charge is 0.133 e. The molecule has 0 amide bonds. The number of imidazole rings is 1. The lowest BCUT2D eigenvalue weighted by Crippen LogP contribution is -2.13. The van der Waals surface area contributed by atoms with Gasteiger partial charge in [0.05, 0.1) is 6.04 Å². The maximum absolute atomic E-state index is 4.51. The Hall–Kier alpha value is -1.91. The third-order valence-corrected chi connectivity index (χ3v) is 2.77. The van der Waals surface area contributed by atoms with Crippen molar-refractivity contribution in [2.75, 3.05) is 5.32 Å². The van der Waals surface area contributed by atoms with Crippen LogP contribution in [0.3, 0.4) is 0 Å². The van der Waals surface area contributed by atoms with Gasteiger partial charge < -0.3 is 10.3 Å². The minimum atomic E-state index is 0.148. The molecule has 96 valence electrons.